The fourth-order valence-electron chi connectivity index (χ4n) is 5.59. The van der Waals surface area contributed by atoms with Gasteiger partial charge in [0.2, 0.25) is 0 Å². The minimum atomic E-state index is -1.72. The number of amides is 1. The van der Waals surface area contributed by atoms with Crippen LogP contribution in [0.4, 0.5) is 5.69 Å². The lowest BCUT2D eigenvalue weighted by Crippen LogP contribution is -2.53. The second-order valence-corrected chi connectivity index (χ2v) is 14.7. The molecule has 2 aromatic carbocycles. The topological polar surface area (TPSA) is 135 Å². The first kappa shape index (κ1) is 34.5. The molecule has 0 aromatic heterocycles. The number of hydrogen-bond donors (Lipinski definition) is 0. The standard InChI is InChI=1S/C32H28ClNO10S3/c1-31(2)25-20(17-14-15(33)12-13-18(17)34(31)26(35)16-10-8-9-11-19(16)40-3)32(21(27(36)41-4)22(45-25)28(37)42-5)46-23(29(38)43-6)24(47-32)30(39)44-7/h8-14H,1-7H3. The van der Waals surface area contributed by atoms with Gasteiger partial charge in [0.15, 0.2) is 0 Å². The van der Waals surface area contributed by atoms with Gasteiger partial charge in [-0.15, -0.1) is 0 Å². The van der Waals surface area contributed by atoms with Crippen molar-refractivity contribution in [1.29, 1.82) is 0 Å². The molecule has 0 fully saturated rings. The molecular formula is C32H28ClNO10S3. The summed E-state index contributed by atoms with van der Waals surface area (Å²) in [6.45, 7) is 3.57. The fourth-order valence-corrected chi connectivity index (χ4v) is 10.8. The van der Waals surface area contributed by atoms with Gasteiger partial charge in [-0.1, -0.05) is 59.0 Å². The summed E-state index contributed by atoms with van der Waals surface area (Å²) in [4.78, 5) is 69.8. The van der Waals surface area contributed by atoms with E-state index in [1.807, 2.05) is 0 Å². The Morgan fingerprint density at radius 3 is 1.85 bits per heavy atom. The van der Waals surface area contributed by atoms with Crippen LogP contribution in [0.1, 0.15) is 29.8 Å². The lowest BCUT2D eigenvalue weighted by atomic mass is 9.83. The first-order valence-electron chi connectivity index (χ1n) is 13.7. The Morgan fingerprint density at radius 2 is 1.30 bits per heavy atom. The van der Waals surface area contributed by atoms with Gasteiger partial charge in [0, 0.05) is 21.1 Å². The number of carbonyl (C=O) groups is 5. The summed E-state index contributed by atoms with van der Waals surface area (Å²) in [7, 11) is 6.07. The monoisotopic (exact) mass is 717 g/mol. The van der Waals surface area contributed by atoms with E-state index in [1.54, 1.807) is 61.2 Å². The number of esters is 4. The zero-order chi connectivity index (χ0) is 34.4. The number of fused-ring (bicyclic) bond motifs is 3. The molecule has 0 bridgehead atoms. The number of anilines is 1. The first-order valence-corrected chi connectivity index (χ1v) is 16.6. The van der Waals surface area contributed by atoms with Crippen LogP contribution in [0.25, 0.3) is 5.57 Å². The molecule has 1 spiro atoms. The normalized spacial score (nSPS) is 17.6. The van der Waals surface area contributed by atoms with E-state index < -0.39 is 39.4 Å². The lowest BCUT2D eigenvalue weighted by Gasteiger charge is -2.50. The maximum atomic E-state index is 14.5. The minimum Gasteiger partial charge on any atom is -0.496 e. The average Bonchev–Trinajstić information content (AvgIpc) is 3.46. The van der Waals surface area contributed by atoms with E-state index in [-0.39, 0.29) is 25.9 Å². The molecule has 3 heterocycles. The van der Waals surface area contributed by atoms with Crippen LogP contribution in [0, 0.1) is 0 Å². The second kappa shape index (κ2) is 13.0. The molecule has 246 valence electrons. The fraction of sp³-hybridized carbons (Fsp3) is 0.281. The Balaban J connectivity index is 1.90. The summed E-state index contributed by atoms with van der Waals surface area (Å²) in [5.41, 5.74) is 0.0902. The molecule has 0 aliphatic carbocycles. The number of ether oxygens (including phenoxy) is 5. The predicted octanol–water partition coefficient (Wildman–Crippen LogP) is 5.58. The molecule has 0 unspecified atom stereocenters. The van der Waals surface area contributed by atoms with Crippen molar-refractivity contribution >= 4 is 87.9 Å². The third-order valence-electron chi connectivity index (χ3n) is 7.64. The minimum absolute atomic E-state index is 0.150. The summed E-state index contributed by atoms with van der Waals surface area (Å²) >= 11 is 9.19. The summed E-state index contributed by atoms with van der Waals surface area (Å²) < 4.78 is 24.2. The molecule has 1 amide bonds. The number of benzene rings is 2. The SMILES string of the molecule is COC(=O)C1=C(C(=O)OC)SC2(S1)C(C(=O)OC)=C(C(=O)OC)SC1=C2c2cc(Cl)ccc2N(C(=O)c2ccccc2OC)C1(C)C. The zero-order valence-electron chi connectivity index (χ0n) is 26.2. The van der Waals surface area contributed by atoms with Gasteiger partial charge in [0.1, 0.15) is 24.5 Å². The van der Waals surface area contributed by atoms with E-state index in [2.05, 4.69) is 0 Å². The number of para-hydroxylation sites is 1. The summed E-state index contributed by atoms with van der Waals surface area (Å²) in [5.74, 6) is -3.58. The van der Waals surface area contributed by atoms with Crippen LogP contribution in [0.2, 0.25) is 5.02 Å². The van der Waals surface area contributed by atoms with Crippen LogP contribution in [0.15, 0.2) is 67.7 Å². The van der Waals surface area contributed by atoms with E-state index in [0.29, 0.717) is 32.5 Å². The molecule has 0 atom stereocenters. The highest BCUT2D eigenvalue weighted by atomic mass is 35.5. The number of halogens is 1. The second-order valence-electron chi connectivity index (χ2n) is 10.5. The molecule has 0 saturated carbocycles. The number of rotatable bonds is 6. The van der Waals surface area contributed by atoms with Gasteiger partial charge in [0.25, 0.3) is 5.91 Å². The molecule has 47 heavy (non-hydrogen) atoms. The molecule has 3 aliphatic rings. The summed E-state index contributed by atoms with van der Waals surface area (Å²) in [5, 5.41) is 0.296. The molecule has 0 saturated heterocycles. The first-order chi connectivity index (χ1) is 22.3. The average molecular weight is 718 g/mol. The Labute approximate surface area is 288 Å². The van der Waals surface area contributed by atoms with Crippen LogP contribution in [-0.2, 0) is 38.1 Å². The molecule has 15 heteroatoms. The Bertz CT molecular complexity index is 1820. The van der Waals surface area contributed by atoms with Crippen molar-refractivity contribution in [3.8, 4) is 5.75 Å². The molecule has 3 aliphatic heterocycles. The van der Waals surface area contributed by atoms with Crippen molar-refractivity contribution in [3.63, 3.8) is 0 Å². The van der Waals surface area contributed by atoms with Crippen molar-refractivity contribution in [3.05, 3.63) is 83.8 Å². The highest BCUT2D eigenvalue weighted by Crippen LogP contribution is 2.71. The highest BCUT2D eigenvalue weighted by Gasteiger charge is 2.62. The smallest absolute Gasteiger partial charge is 0.345 e. The Kier molecular flexibility index (Phi) is 9.52. The van der Waals surface area contributed by atoms with Crippen LogP contribution in [0.5, 0.6) is 5.75 Å². The van der Waals surface area contributed by atoms with E-state index >= 15 is 0 Å². The third kappa shape index (κ3) is 5.40. The molecule has 0 N–H and O–H groups in total. The molecule has 5 rings (SSSR count). The van der Waals surface area contributed by atoms with Gasteiger partial charge in [-0.2, -0.15) is 0 Å². The van der Waals surface area contributed by atoms with Crippen molar-refractivity contribution in [2.75, 3.05) is 40.4 Å². The zero-order valence-corrected chi connectivity index (χ0v) is 29.4. The quantitative estimate of drug-likeness (QED) is 0.272. The number of carbonyl (C=O) groups excluding carboxylic acids is 5. The van der Waals surface area contributed by atoms with Gasteiger partial charge in [0.05, 0.1) is 57.9 Å². The van der Waals surface area contributed by atoms with Crippen LogP contribution < -0.4 is 9.64 Å². The van der Waals surface area contributed by atoms with Crippen LogP contribution in [-0.4, -0.2) is 75.0 Å². The van der Waals surface area contributed by atoms with Crippen molar-refractivity contribution in [2.45, 2.75) is 23.5 Å². The predicted molar refractivity (Wildman–Crippen MR) is 180 cm³/mol. The largest absolute Gasteiger partial charge is 0.496 e. The van der Waals surface area contributed by atoms with Crippen molar-refractivity contribution < 1.29 is 47.7 Å². The number of nitrogens with zero attached hydrogens (tertiary/aromatic N) is 1. The Hall–Kier alpha value is -3.85. The maximum Gasteiger partial charge on any atom is 0.345 e. The van der Waals surface area contributed by atoms with E-state index in [4.69, 9.17) is 35.3 Å². The molecular weight excluding hydrogens is 690 g/mol. The number of hydrogen-bond acceptors (Lipinski definition) is 13. The third-order valence-corrected chi connectivity index (χ3v) is 12.5. The van der Waals surface area contributed by atoms with Gasteiger partial charge >= 0.3 is 23.9 Å². The maximum absolute atomic E-state index is 14.5. The van der Waals surface area contributed by atoms with Gasteiger partial charge in [-0.25, -0.2) is 19.2 Å². The van der Waals surface area contributed by atoms with E-state index in [0.717, 1.165) is 63.7 Å². The molecule has 2 aromatic rings. The van der Waals surface area contributed by atoms with Gasteiger partial charge < -0.3 is 23.7 Å². The summed E-state index contributed by atoms with van der Waals surface area (Å²) in [6, 6.07) is 11.7. The summed E-state index contributed by atoms with van der Waals surface area (Å²) in [6.07, 6.45) is 0. The van der Waals surface area contributed by atoms with Crippen molar-refractivity contribution in [1.82, 2.24) is 0 Å². The van der Waals surface area contributed by atoms with Gasteiger partial charge in [-0.05, 0) is 44.2 Å². The van der Waals surface area contributed by atoms with E-state index in [1.165, 1.54) is 7.11 Å². The number of methoxy groups -OCH3 is 5. The van der Waals surface area contributed by atoms with Crippen LogP contribution >= 0.6 is 46.9 Å². The molecule has 0 radical (unpaired) electrons. The van der Waals surface area contributed by atoms with E-state index in [9.17, 15) is 24.0 Å². The van der Waals surface area contributed by atoms with Crippen LogP contribution in [0.3, 0.4) is 0 Å². The molecule has 11 nitrogen and oxygen atoms in total. The number of thioether (sulfide) groups is 3. The highest BCUT2D eigenvalue weighted by molar-refractivity contribution is 8.26. The van der Waals surface area contributed by atoms with Gasteiger partial charge in [-0.3, -0.25) is 9.69 Å². The Morgan fingerprint density at radius 1 is 0.745 bits per heavy atom. The van der Waals surface area contributed by atoms with Crippen molar-refractivity contribution in [2.24, 2.45) is 0 Å². The lowest BCUT2D eigenvalue weighted by molar-refractivity contribution is -0.138.